The van der Waals surface area contributed by atoms with Gasteiger partial charge in [-0.1, -0.05) is 0 Å². The third-order valence-corrected chi connectivity index (χ3v) is 3.72. The summed E-state index contributed by atoms with van der Waals surface area (Å²) in [5.74, 6) is -0.194. The lowest BCUT2D eigenvalue weighted by Crippen LogP contribution is -2.42. The SMILES string of the molecule is CNS(=O)(=O)CCNC(=O)C1CCCN1. The molecule has 6 nitrogen and oxygen atoms in total. The zero-order chi connectivity index (χ0) is 11.3. The molecule has 1 fully saturated rings. The van der Waals surface area contributed by atoms with E-state index in [0.717, 1.165) is 19.4 Å². The molecule has 1 atom stereocenters. The molecule has 0 aliphatic carbocycles. The Labute approximate surface area is 89.9 Å². The predicted octanol–water partition coefficient (Wildman–Crippen LogP) is -1.60. The molecule has 0 spiro atoms. The number of nitrogens with one attached hydrogen (secondary N) is 3. The first kappa shape index (κ1) is 12.4. The molecular weight excluding hydrogens is 218 g/mol. The van der Waals surface area contributed by atoms with E-state index in [2.05, 4.69) is 15.4 Å². The van der Waals surface area contributed by atoms with Gasteiger partial charge in [-0.05, 0) is 26.4 Å². The van der Waals surface area contributed by atoms with Crippen molar-refractivity contribution in [2.75, 3.05) is 25.9 Å². The van der Waals surface area contributed by atoms with Crippen LogP contribution in [-0.4, -0.2) is 46.3 Å². The van der Waals surface area contributed by atoms with E-state index in [1.165, 1.54) is 7.05 Å². The van der Waals surface area contributed by atoms with Crippen LogP contribution in [0.5, 0.6) is 0 Å². The second kappa shape index (κ2) is 5.43. The molecule has 1 aliphatic heterocycles. The van der Waals surface area contributed by atoms with Gasteiger partial charge in [-0.3, -0.25) is 4.79 Å². The second-order valence-electron chi connectivity index (χ2n) is 3.46. The van der Waals surface area contributed by atoms with Crippen LogP contribution in [0.25, 0.3) is 0 Å². The zero-order valence-electron chi connectivity index (χ0n) is 8.75. The normalized spacial score (nSPS) is 21.5. The quantitative estimate of drug-likeness (QED) is 0.536. The van der Waals surface area contributed by atoms with Crippen LogP contribution in [0.2, 0.25) is 0 Å². The third-order valence-electron chi connectivity index (χ3n) is 2.36. The standard InChI is InChI=1S/C8H17N3O3S/c1-9-15(13,14)6-5-11-8(12)7-3-2-4-10-7/h7,9-10H,2-6H2,1H3,(H,11,12). The fraction of sp³-hybridized carbons (Fsp3) is 0.875. The Hall–Kier alpha value is -0.660. The van der Waals surface area contributed by atoms with Crippen LogP contribution in [0.1, 0.15) is 12.8 Å². The highest BCUT2D eigenvalue weighted by molar-refractivity contribution is 7.89. The molecule has 15 heavy (non-hydrogen) atoms. The van der Waals surface area contributed by atoms with Crippen molar-refractivity contribution in [2.45, 2.75) is 18.9 Å². The van der Waals surface area contributed by atoms with Crippen LogP contribution >= 0.6 is 0 Å². The fourth-order valence-electron chi connectivity index (χ4n) is 1.44. The van der Waals surface area contributed by atoms with Crippen molar-refractivity contribution in [2.24, 2.45) is 0 Å². The first-order valence-electron chi connectivity index (χ1n) is 4.97. The van der Waals surface area contributed by atoms with Crippen molar-refractivity contribution in [1.29, 1.82) is 0 Å². The molecule has 0 radical (unpaired) electrons. The number of amides is 1. The van der Waals surface area contributed by atoms with Crippen LogP contribution in [0, 0.1) is 0 Å². The lowest BCUT2D eigenvalue weighted by molar-refractivity contribution is -0.122. The highest BCUT2D eigenvalue weighted by Crippen LogP contribution is 2.04. The van der Waals surface area contributed by atoms with Crippen molar-refractivity contribution in [3.63, 3.8) is 0 Å². The maximum absolute atomic E-state index is 11.4. The number of rotatable bonds is 5. The van der Waals surface area contributed by atoms with Crippen LogP contribution in [0.15, 0.2) is 0 Å². The number of hydrogen-bond donors (Lipinski definition) is 3. The molecule has 1 aliphatic rings. The average Bonchev–Trinajstić information content (AvgIpc) is 2.70. The lowest BCUT2D eigenvalue weighted by atomic mass is 10.2. The summed E-state index contributed by atoms with van der Waals surface area (Å²) in [6, 6.07) is -0.151. The molecule has 1 rings (SSSR count). The Kier molecular flexibility index (Phi) is 4.49. The van der Waals surface area contributed by atoms with Crippen molar-refractivity contribution in [1.82, 2.24) is 15.4 Å². The van der Waals surface area contributed by atoms with Crippen LogP contribution < -0.4 is 15.4 Å². The van der Waals surface area contributed by atoms with Crippen LogP contribution in [-0.2, 0) is 14.8 Å². The zero-order valence-corrected chi connectivity index (χ0v) is 9.56. The van der Waals surface area contributed by atoms with Gasteiger partial charge in [-0.2, -0.15) is 0 Å². The second-order valence-corrected chi connectivity index (χ2v) is 5.51. The van der Waals surface area contributed by atoms with E-state index in [4.69, 9.17) is 0 Å². The number of sulfonamides is 1. The van der Waals surface area contributed by atoms with Crippen molar-refractivity contribution < 1.29 is 13.2 Å². The summed E-state index contributed by atoms with van der Waals surface area (Å²) in [5, 5.41) is 5.64. The van der Waals surface area contributed by atoms with Gasteiger partial charge in [0.2, 0.25) is 15.9 Å². The van der Waals surface area contributed by atoms with Gasteiger partial charge in [0.05, 0.1) is 11.8 Å². The third kappa shape index (κ3) is 4.15. The van der Waals surface area contributed by atoms with Gasteiger partial charge in [-0.25, -0.2) is 13.1 Å². The minimum atomic E-state index is -3.22. The van der Waals surface area contributed by atoms with Crippen LogP contribution in [0.4, 0.5) is 0 Å². The molecule has 3 N–H and O–H groups in total. The molecule has 88 valence electrons. The highest BCUT2D eigenvalue weighted by atomic mass is 32.2. The summed E-state index contributed by atoms with van der Waals surface area (Å²) in [7, 11) is -1.87. The molecule has 0 saturated carbocycles. The largest absolute Gasteiger partial charge is 0.354 e. The van der Waals surface area contributed by atoms with E-state index in [-0.39, 0.29) is 24.2 Å². The number of carbonyl (C=O) groups is 1. The van der Waals surface area contributed by atoms with Crippen molar-refractivity contribution >= 4 is 15.9 Å². The predicted molar refractivity (Wildman–Crippen MR) is 56.9 cm³/mol. The molecule has 0 aromatic carbocycles. The van der Waals surface area contributed by atoms with E-state index < -0.39 is 10.0 Å². The lowest BCUT2D eigenvalue weighted by Gasteiger charge is -2.10. The molecule has 1 amide bonds. The van der Waals surface area contributed by atoms with Gasteiger partial charge in [-0.15, -0.1) is 0 Å². The summed E-state index contributed by atoms with van der Waals surface area (Å²) < 4.78 is 24.2. The van der Waals surface area contributed by atoms with E-state index in [1.807, 2.05) is 0 Å². The van der Waals surface area contributed by atoms with Gasteiger partial charge in [0.1, 0.15) is 0 Å². The van der Waals surface area contributed by atoms with Crippen molar-refractivity contribution in [3.8, 4) is 0 Å². The molecular formula is C8H17N3O3S. The van der Waals surface area contributed by atoms with Gasteiger partial charge in [0.25, 0.3) is 0 Å². The van der Waals surface area contributed by atoms with Gasteiger partial charge < -0.3 is 10.6 Å². The Balaban J connectivity index is 2.22. The summed E-state index contributed by atoms with van der Waals surface area (Å²) in [6.07, 6.45) is 1.82. The topological polar surface area (TPSA) is 87.3 Å². The number of hydrogen-bond acceptors (Lipinski definition) is 4. The average molecular weight is 235 g/mol. The minimum absolute atomic E-state index is 0.0814. The van der Waals surface area contributed by atoms with E-state index in [9.17, 15) is 13.2 Å². The number of carbonyl (C=O) groups excluding carboxylic acids is 1. The fourth-order valence-corrected chi connectivity index (χ4v) is 2.02. The molecule has 7 heteroatoms. The molecule has 0 bridgehead atoms. The summed E-state index contributed by atoms with van der Waals surface area (Å²) >= 11 is 0. The summed E-state index contributed by atoms with van der Waals surface area (Å²) in [4.78, 5) is 11.4. The van der Waals surface area contributed by atoms with Gasteiger partial charge in [0.15, 0.2) is 0 Å². The van der Waals surface area contributed by atoms with Crippen molar-refractivity contribution in [3.05, 3.63) is 0 Å². The maximum atomic E-state index is 11.4. The van der Waals surface area contributed by atoms with Crippen LogP contribution in [0.3, 0.4) is 0 Å². The molecule has 1 heterocycles. The van der Waals surface area contributed by atoms with E-state index in [1.54, 1.807) is 0 Å². The first-order valence-corrected chi connectivity index (χ1v) is 6.63. The Morgan fingerprint density at radius 2 is 2.27 bits per heavy atom. The highest BCUT2D eigenvalue weighted by Gasteiger charge is 2.21. The van der Waals surface area contributed by atoms with Gasteiger partial charge >= 0.3 is 0 Å². The Morgan fingerprint density at radius 1 is 1.53 bits per heavy atom. The molecule has 0 aromatic rings. The first-order chi connectivity index (χ1) is 7.05. The Morgan fingerprint density at radius 3 is 2.80 bits per heavy atom. The van der Waals surface area contributed by atoms with Gasteiger partial charge in [0, 0.05) is 6.54 Å². The van der Waals surface area contributed by atoms with E-state index in [0.29, 0.717) is 0 Å². The maximum Gasteiger partial charge on any atom is 0.237 e. The monoisotopic (exact) mass is 235 g/mol. The molecule has 0 aromatic heterocycles. The summed E-state index contributed by atoms with van der Waals surface area (Å²) in [6.45, 7) is 1.01. The smallest absolute Gasteiger partial charge is 0.237 e. The summed E-state index contributed by atoms with van der Waals surface area (Å²) in [5.41, 5.74) is 0. The molecule has 1 saturated heterocycles. The molecule has 1 unspecified atom stereocenters. The minimum Gasteiger partial charge on any atom is -0.354 e. The van der Waals surface area contributed by atoms with E-state index >= 15 is 0 Å². The Bertz CT molecular complexity index is 309.